The van der Waals surface area contributed by atoms with Gasteiger partial charge in [-0.2, -0.15) is 11.3 Å². The van der Waals surface area contributed by atoms with Gasteiger partial charge in [0, 0.05) is 20.3 Å². The van der Waals surface area contributed by atoms with E-state index in [4.69, 9.17) is 9.47 Å². The van der Waals surface area contributed by atoms with E-state index in [0.29, 0.717) is 13.2 Å². The minimum Gasteiger partial charge on any atom is -0.382 e. The molecular formula is C12H21NO2S. The second-order valence-electron chi connectivity index (χ2n) is 3.62. The van der Waals surface area contributed by atoms with Crippen LogP contribution in [-0.4, -0.2) is 33.5 Å². The summed E-state index contributed by atoms with van der Waals surface area (Å²) in [5.41, 5.74) is 1.38. The van der Waals surface area contributed by atoms with Crippen molar-refractivity contribution in [3.8, 4) is 0 Å². The first-order chi connectivity index (χ1) is 7.93. The second kappa shape index (κ2) is 9.78. The first-order valence-electron chi connectivity index (χ1n) is 5.72. The Bertz CT molecular complexity index is 239. The van der Waals surface area contributed by atoms with Crippen molar-refractivity contribution in [2.45, 2.75) is 19.4 Å². The van der Waals surface area contributed by atoms with E-state index in [1.165, 1.54) is 5.56 Å². The predicted molar refractivity (Wildman–Crippen MR) is 68.0 cm³/mol. The van der Waals surface area contributed by atoms with Crippen molar-refractivity contribution in [1.82, 2.24) is 5.32 Å². The summed E-state index contributed by atoms with van der Waals surface area (Å²) in [4.78, 5) is 0. The van der Waals surface area contributed by atoms with Crippen LogP contribution < -0.4 is 5.32 Å². The van der Waals surface area contributed by atoms with Crippen LogP contribution in [0.15, 0.2) is 16.8 Å². The average molecular weight is 243 g/mol. The third kappa shape index (κ3) is 6.95. The van der Waals surface area contributed by atoms with Crippen LogP contribution in [0.25, 0.3) is 0 Å². The molecule has 0 saturated heterocycles. The summed E-state index contributed by atoms with van der Waals surface area (Å²) in [5, 5.41) is 7.71. The summed E-state index contributed by atoms with van der Waals surface area (Å²) < 4.78 is 10.3. The number of ether oxygens (including phenoxy) is 2. The molecule has 0 aliphatic carbocycles. The van der Waals surface area contributed by atoms with E-state index in [2.05, 4.69) is 22.1 Å². The minimum absolute atomic E-state index is 0.691. The molecule has 1 aromatic rings. The lowest BCUT2D eigenvalue weighted by Gasteiger charge is -2.04. The van der Waals surface area contributed by atoms with Crippen LogP contribution >= 0.6 is 11.3 Å². The van der Waals surface area contributed by atoms with E-state index in [-0.39, 0.29) is 0 Å². The maximum atomic E-state index is 5.38. The minimum atomic E-state index is 0.691. The van der Waals surface area contributed by atoms with Crippen molar-refractivity contribution in [1.29, 1.82) is 0 Å². The van der Waals surface area contributed by atoms with E-state index in [9.17, 15) is 0 Å². The van der Waals surface area contributed by atoms with Crippen LogP contribution in [0, 0.1) is 0 Å². The SMILES string of the molecule is COCCOCCCCNCc1ccsc1. The molecule has 1 heterocycles. The Balaban J connectivity index is 1.78. The Morgan fingerprint density at radius 3 is 2.94 bits per heavy atom. The molecule has 0 aliphatic rings. The smallest absolute Gasteiger partial charge is 0.0700 e. The standard InChI is InChI=1S/C12H21NO2S/c1-14-7-8-15-6-3-2-5-13-10-12-4-9-16-11-12/h4,9,11,13H,2-3,5-8,10H2,1H3. The summed E-state index contributed by atoms with van der Waals surface area (Å²) in [6.07, 6.45) is 2.28. The Labute approximate surface area is 102 Å². The van der Waals surface area contributed by atoms with Crippen LogP contribution in [0.2, 0.25) is 0 Å². The van der Waals surface area contributed by atoms with Gasteiger partial charge in [-0.15, -0.1) is 0 Å². The predicted octanol–water partition coefficient (Wildman–Crippen LogP) is 2.28. The fourth-order valence-electron chi connectivity index (χ4n) is 1.32. The zero-order chi connectivity index (χ0) is 11.5. The molecule has 1 rings (SSSR count). The molecule has 0 amide bonds. The Morgan fingerprint density at radius 1 is 1.25 bits per heavy atom. The number of hydrogen-bond acceptors (Lipinski definition) is 4. The average Bonchev–Trinajstić information content (AvgIpc) is 2.80. The molecule has 0 bridgehead atoms. The van der Waals surface area contributed by atoms with Crippen molar-refractivity contribution in [2.24, 2.45) is 0 Å². The molecule has 0 atom stereocenters. The summed E-state index contributed by atoms with van der Waals surface area (Å²) in [5.74, 6) is 0. The quantitative estimate of drug-likeness (QED) is 0.640. The van der Waals surface area contributed by atoms with E-state index >= 15 is 0 Å². The van der Waals surface area contributed by atoms with Crippen LogP contribution in [0.5, 0.6) is 0 Å². The topological polar surface area (TPSA) is 30.5 Å². The maximum absolute atomic E-state index is 5.38. The third-order valence-corrected chi connectivity index (χ3v) is 2.97. The highest BCUT2D eigenvalue weighted by Crippen LogP contribution is 2.04. The number of nitrogens with one attached hydrogen (secondary N) is 1. The lowest BCUT2D eigenvalue weighted by molar-refractivity contribution is 0.0688. The normalized spacial score (nSPS) is 10.8. The van der Waals surface area contributed by atoms with E-state index in [0.717, 1.165) is 32.5 Å². The van der Waals surface area contributed by atoms with Crippen LogP contribution in [-0.2, 0) is 16.0 Å². The molecule has 0 radical (unpaired) electrons. The van der Waals surface area contributed by atoms with Gasteiger partial charge in [0.05, 0.1) is 13.2 Å². The highest BCUT2D eigenvalue weighted by Gasteiger charge is 1.93. The summed E-state index contributed by atoms with van der Waals surface area (Å²) in [6, 6.07) is 2.16. The van der Waals surface area contributed by atoms with Gasteiger partial charge in [-0.05, 0) is 41.8 Å². The molecule has 3 nitrogen and oxygen atoms in total. The molecule has 4 heteroatoms. The summed E-state index contributed by atoms with van der Waals surface area (Å²) in [6.45, 7) is 4.27. The van der Waals surface area contributed by atoms with Crippen molar-refractivity contribution in [2.75, 3.05) is 33.5 Å². The third-order valence-electron chi connectivity index (χ3n) is 2.23. The molecule has 1 aromatic heterocycles. The van der Waals surface area contributed by atoms with Gasteiger partial charge in [0.1, 0.15) is 0 Å². The highest BCUT2D eigenvalue weighted by atomic mass is 32.1. The Hall–Kier alpha value is -0.420. The Morgan fingerprint density at radius 2 is 2.19 bits per heavy atom. The van der Waals surface area contributed by atoms with Gasteiger partial charge in [0.25, 0.3) is 0 Å². The monoisotopic (exact) mass is 243 g/mol. The molecule has 16 heavy (non-hydrogen) atoms. The number of unbranched alkanes of at least 4 members (excludes halogenated alkanes) is 1. The molecule has 1 N–H and O–H groups in total. The van der Waals surface area contributed by atoms with Gasteiger partial charge >= 0.3 is 0 Å². The van der Waals surface area contributed by atoms with Crippen molar-refractivity contribution in [3.63, 3.8) is 0 Å². The maximum Gasteiger partial charge on any atom is 0.0700 e. The van der Waals surface area contributed by atoms with E-state index < -0.39 is 0 Å². The number of rotatable bonds is 10. The summed E-state index contributed by atoms with van der Waals surface area (Å²) in [7, 11) is 1.69. The lowest BCUT2D eigenvalue weighted by Crippen LogP contribution is -2.15. The largest absolute Gasteiger partial charge is 0.382 e. The molecular weight excluding hydrogens is 222 g/mol. The highest BCUT2D eigenvalue weighted by molar-refractivity contribution is 7.07. The second-order valence-corrected chi connectivity index (χ2v) is 4.40. The van der Waals surface area contributed by atoms with Crippen molar-refractivity contribution < 1.29 is 9.47 Å². The van der Waals surface area contributed by atoms with Gasteiger partial charge in [-0.25, -0.2) is 0 Å². The molecule has 0 spiro atoms. The van der Waals surface area contributed by atoms with Gasteiger partial charge in [-0.1, -0.05) is 0 Å². The molecule has 92 valence electrons. The molecule has 0 unspecified atom stereocenters. The molecule has 0 saturated carbocycles. The van der Waals surface area contributed by atoms with Crippen LogP contribution in [0.3, 0.4) is 0 Å². The summed E-state index contributed by atoms with van der Waals surface area (Å²) >= 11 is 1.75. The molecule has 0 fully saturated rings. The van der Waals surface area contributed by atoms with Crippen molar-refractivity contribution >= 4 is 11.3 Å². The van der Waals surface area contributed by atoms with Gasteiger partial charge < -0.3 is 14.8 Å². The van der Waals surface area contributed by atoms with Gasteiger partial charge in [-0.3, -0.25) is 0 Å². The first kappa shape index (κ1) is 13.6. The van der Waals surface area contributed by atoms with Gasteiger partial charge in [0.2, 0.25) is 0 Å². The van der Waals surface area contributed by atoms with Gasteiger partial charge in [0.15, 0.2) is 0 Å². The van der Waals surface area contributed by atoms with E-state index in [1.807, 2.05) is 0 Å². The van der Waals surface area contributed by atoms with Crippen LogP contribution in [0.1, 0.15) is 18.4 Å². The lowest BCUT2D eigenvalue weighted by atomic mass is 10.3. The Kier molecular flexibility index (Phi) is 8.34. The number of methoxy groups -OCH3 is 1. The zero-order valence-corrected chi connectivity index (χ0v) is 10.7. The number of thiophene rings is 1. The molecule has 0 aromatic carbocycles. The van der Waals surface area contributed by atoms with Crippen molar-refractivity contribution in [3.05, 3.63) is 22.4 Å². The molecule has 0 aliphatic heterocycles. The zero-order valence-electron chi connectivity index (χ0n) is 9.91. The van der Waals surface area contributed by atoms with E-state index in [1.54, 1.807) is 18.4 Å². The fraction of sp³-hybridized carbons (Fsp3) is 0.667. The first-order valence-corrected chi connectivity index (χ1v) is 6.66. The van der Waals surface area contributed by atoms with Crippen LogP contribution in [0.4, 0.5) is 0 Å². The number of hydrogen-bond donors (Lipinski definition) is 1. The fourth-order valence-corrected chi connectivity index (χ4v) is 1.99.